The molecule has 1 aromatic rings. The highest BCUT2D eigenvalue weighted by atomic mass is 16.1. The van der Waals surface area contributed by atoms with Crippen LogP contribution < -0.4 is 5.73 Å². The Labute approximate surface area is 168 Å². The Morgan fingerprint density at radius 3 is 1.33 bits per heavy atom. The highest BCUT2D eigenvalue weighted by Crippen LogP contribution is 2.14. The summed E-state index contributed by atoms with van der Waals surface area (Å²) in [6, 6.07) is 9.69. The lowest BCUT2D eigenvalue weighted by Gasteiger charge is -2.04. The Morgan fingerprint density at radius 1 is 0.556 bits per heavy atom. The molecule has 0 aliphatic rings. The van der Waals surface area contributed by atoms with Gasteiger partial charge in [0.15, 0.2) is 5.78 Å². The van der Waals surface area contributed by atoms with Gasteiger partial charge in [0.1, 0.15) is 0 Å². The third kappa shape index (κ3) is 14.6. The molecule has 0 saturated carbocycles. The number of hydrogen-bond acceptors (Lipinski definition) is 2. The molecule has 0 radical (unpaired) electrons. The van der Waals surface area contributed by atoms with E-state index in [-0.39, 0.29) is 0 Å². The number of carbonyl (C=O) groups is 1. The van der Waals surface area contributed by atoms with Crippen LogP contribution in [-0.2, 0) is 0 Å². The minimum atomic E-state index is 0.297. The Kier molecular flexibility index (Phi) is 16.1. The van der Waals surface area contributed by atoms with Gasteiger partial charge < -0.3 is 5.73 Å². The van der Waals surface area contributed by atoms with Crippen molar-refractivity contribution in [3.63, 3.8) is 0 Å². The lowest BCUT2D eigenvalue weighted by molar-refractivity contribution is 0.0979. The molecule has 1 aromatic carbocycles. The molecule has 0 heterocycles. The van der Waals surface area contributed by atoms with Crippen molar-refractivity contribution >= 4 is 5.78 Å². The maximum absolute atomic E-state index is 12.0. The molecule has 0 spiro atoms. The minimum absolute atomic E-state index is 0.297. The van der Waals surface area contributed by atoms with Crippen LogP contribution in [0.3, 0.4) is 0 Å². The van der Waals surface area contributed by atoms with E-state index in [1.54, 1.807) is 0 Å². The summed E-state index contributed by atoms with van der Waals surface area (Å²) in [7, 11) is 0. The summed E-state index contributed by atoms with van der Waals surface area (Å²) in [4.78, 5) is 12.0. The van der Waals surface area contributed by atoms with Crippen LogP contribution in [0.1, 0.15) is 120 Å². The van der Waals surface area contributed by atoms with Gasteiger partial charge in [0.25, 0.3) is 0 Å². The van der Waals surface area contributed by atoms with Crippen LogP contribution in [0.15, 0.2) is 30.3 Å². The van der Waals surface area contributed by atoms with Gasteiger partial charge in [0.05, 0.1) is 0 Å². The zero-order valence-corrected chi connectivity index (χ0v) is 17.6. The Hall–Kier alpha value is -1.15. The molecule has 2 heteroatoms. The second-order valence-corrected chi connectivity index (χ2v) is 7.98. The van der Waals surface area contributed by atoms with Gasteiger partial charge >= 0.3 is 0 Å². The molecule has 0 saturated heterocycles. The summed E-state index contributed by atoms with van der Waals surface area (Å²) in [6.07, 6.45) is 22.1. The molecule has 27 heavy (non-hydrogen) atoms. The first kappa shape index (κ1) is 23.9. The van der Waals surface area contributed by atoms with Crippen LogP contribution in [0.25, 0.3) is 0 Å². The smallest absolute Gasteiger partial charge is 0.162 e. The van der Waals surface area contributed by atoms with Gasteiger partial charge in [-0.25, -0.2) is 0 Å². The summed E-state index contributed by atoms with van der Waals surface area (Å²) in [5.74, 6) is 0.297. The maximum atomic E-state index is 12.0. The van der Waals surface area contributed by atoms with E-state index in [1.807, 2.05) is 30.3 Å². The Bertz CT molecular complexity index is 443. The molecule has 0 atom stereocenters. The molecule has 0 fully saturated rings. The molecule has 2 N–H and O–H groups in total. The first-order valence-corrected chi connectivity index (χ1v) is 11.6. The van der Waals surface area contributed by atoms with E-state index >= 15 is 0 Å². The molecule has 0 bridgehead atoms. The van der Waals surface area contributed by atoms with Gasteiger partial charge in [-0.1, -0.05) is 120 Å². The quantitative estimate of drug-likeness (QED) is 0.202. The van der Waals surface area contributed by atoms with Crippen molar-refractivity contribution < 1.29 is 4.79 Å². The fraction of sp³-hybridized carbons (Fsp3) is 0.720. The zero-order chi connectivity index (χ0) is 19.4. The topological polar surface area (TPSA) is 43.1 Å². The van der Waals surface area contributed by atoms with Crippen LogP contribution >= 0.6 is 0 Å². The summed E-state index contributed by atoms with van der Waals surface area (Å²) >= 11 is 0. The van der Waals surface area contributed by atoms with Gasteiger partial charge in [0, 0.05) is 12.0 Å². The van der Waals surface area contributed by atoms with Crippen LogP contribution in [0, 0.1) is 0 Å². The normalized spacial score (nSPS) is 11.0. The molecular formula is C25H43NO. The second-order valence-electron chi connectivity index (χ2n) is 7.98. The molecule has 0 amide bonds. The molecule has 0 aliphatic heterocycles. The largest absolute Gasteiger partial charge is 0.330 e. The predicted molar refractivity (Wildman–Crippen MR) is 118 cm³/mol. The number of unbranched alkanes of at least 4 members (excludes halogenated alkanes) is 15. The third-order valence-corrected chi connectivity index (χ3v) is 5.45. The SMILES string of the molecule is NCCCCCCCCCCCCCCCCCCC(=O)c1ccccc1. The van der Waals surface area contributed by atoms with Gasteiger partial charge in [-0.2, -0.15) is 0 Å². The molecule has 2 nitrogen and oxygen atoms in total. The number of Topliss-reactive ketones (excluding diaryl/α,β-unsaturated/α-hetero) is 1. The van der Waals surface area contributed by atoms with Crippen LogP contribution in [0.4, 0.5) is 0 Å². The third-order valence-electron chi connectivity index (χ3n) is 5.45. The summed E-state index contributed by atoms with van der Waals surface area (Å²) < 4.78 is 0. The average Bonchev–Trinajstić information content (AvgIpc) is 2.70. The van der Waals surface area contributed by atoms with Crippen molar-refractivity contribution in [1.82, 2.24) is 0 Å². The molecule has 1 rings (SSSR count). The molecule has 154 valence electrons. The van der Waals surface area contributed by atoms with Crippen LogP contribution in [-0.4, -0.2) is 12.3 Å². The van der Waals surface area contributed by atoms with E-state index in [4.69, 9.17) is 5.73 Å². The number of carbonyl (C=O) groups excluding carboxylic acids is 1. The van der Waals surface area contributed by atoms with Gasteiger partial charge in [-0.3, -0.25) is 4.79 Å². The minimum Gasteiger partial charge on any atom is -0.330 e. The van der Waals surface area contributed by atoms with E-state index in [0.29, 0.717) is 12.2 Å². The summed E-state index contributed by atoms with van der Waals surface area (Å²) in [6.45, 7) is 0.855. The first-order valence-electron chi connectivity index (χ1n) is 11.6. The lowest BCUT2D eigenvalue weighted by atomic mass is 10.0. The van der Waals surface area contributed by atoms with E-state index < -0.39 is 0 Å². The van der Waals surface area contributed by atoms with Crippen molar-refractivity contribution in [2.45, 2.75) is 109 Å². The van der Waals surface area contributed by atoms with Gasteiger partial charge in [-0.15, -0.1) is 0 Å². The number of hydrogen-bond donors (Lipinski definition) is 1. The van der Waals surface area contributed by atoms with Crippen molar-refractivity contribution in [2.75, 3.05) is 6.54 Å². The van der Waals surface area contributed by atoms with E-state index in [9.17, 15) is 4.79 Å². The monoisotopic (exact) mass is 373 g/mol. The van der Waals surface area contributed by atoms with Crippen molar-refractivity contribution in [2.24, 2.45) is 5.73 Å². The number of ketones is 1. The van der Waals surface area contributed by atoms with Gasteiger partial charge in [0.2, 0.25) is 0 Å². The number of nitrogens with two attached hydrogens (primary N) is 1. The Balaban J connectivity index is 1.75. The number of benzene rings is 1. The predicted octanol–water partition coefficient (Wildman–Crippen LogP) is 7.46. The standard InChI is InChI=1S/C25H43NO/c26-23-19-14-12-10-8-6-4-2-1-3-5-7-9-11-13-18-22-25(27)24-20-16-15-17-21-24/h15-17,20-21H,1-14,18-19,22-23,26H2. The highest BCUT2D eigenvalue weighted by molar-refractivity contribution is 5.95. The van der Waals surface area contributed by atoms with E-state index in [2.05, 4.69) is 0 Å². The number of rotatable bonds is 19. The van der Waals surface area contributed by atoms with Crippen LogP contribution in [0.2, 0.25) is 0 Å². The summed E-state index contributed by atoms with van der Waals surface area (Å²) in [5.41, 5.74) is 6.37. The molecular weight excluding hydrogens is 330 g/mol. The van der Waals surface area contributed by atoms with Crippen LogP contribution in [0.5, 0.6) is 0 Å². The van der Waals surface area contributed by atoms with Crippen molar-refractivity contribution in [3.8, 4) is 0 Å². The highest BCUT2D eigenvalue weighted by Gasteiger charge is 2.03. The molecule has 0 unspecified atom stereocenters. The van der Waals surface area contributed by atoms with Crippen molar-refractivity contribution in [3.05, 3.63) is 35.9 Å². The fourth-order valence-electron chi connectivity index (χ4n) is 3.67. The molecule has 0 aliphatic carbocycles. The average molecular weight is 374 g/mol. The van der Waals surface area contributed by atoms with E-state index in [1.165, 1.54) is 96.3 Å². The lowest BCUT2D eigenvalue weighted by Crippen LogP contribution is -1.98. The Morgan fingerprint density at radius 2 is 0.926 bits per heavy atom. The maximum Gasteiger partial charge on any atom is 0.162 e. The molecule has 0 aromatic heterocycles. The zero-order valence-electron chi connectivity index (χ0n) is 17.6. The second kappa shape index (κ2) is 18.2. The van der Waals surface area contributed by atoms with Gasteiger partial charge in [-0.05, 0) is 19.4 Å². The van der Waals surface area contributed by atoms with E-state index in [0.717, 1.165) is 18.5 Å². The fourth-order valence-corrected chi connectivity index (χ4v) is 3.67. The first-order chi connectivity index (χ1) is 13.3. The summed E-state index contributed by atoms with van der Waals surface area (Å²) in [5, 5.41) is 0. The van der Waals surface area contributed by atoms with Crippen molar-refractivity contribution in [1.29, 1.82) is 0 Å².